The van der Waals surface area contributed by atoms with Crippen LogP contribution in [0.2, 0.25) is 0 Å². The number of hydrogen-bond donors (Lipinski definition) is 2. The topological polar surface area (TPSA) is 63.3 Å². The van der Waals surface area contributed by atoms with Crippen molar-refractivity contribution >= 4 is 5.97 Å². The van der Waals surface area contributed by atoms with Gasteiger partial charge in [0.05, 0.1) is 5.41 Å². The molecule has 0 saturated heterocycles. The molecule has 0 heterocycles. The monoisotopic (exact) mass is 143 g/mol. The Hall–Kier alpha value is -0.570. The Labute approximate surface area is 60.2 Å². The molecule has 0 amide bonds. The van der Waals surface area contributed by atoms with Crippen molar-refractivity contribution in [2.45, 2.75) is 32.2 Å². The summed E-state index contributed by atoms with van der Waals surface area (Å²) < 4.78 is 0. The van der Waals surface area contributed by atoms with E-state index in [0.717, 1.165) is 12.8 Å². The van der Waals surface area contributed by atoms with Crippen molar-refractivity contribution in [1.82, 2.24) is 0 Å². The van der Waals surface area contributed by atoms with Gasteiger partial charge >= 0.3 is 5.97 Å². The maximum Gasteiger partial charge on any atom is 0.310 e. The molecule has 3 nitrogen and oxygen atoms in total. The van der Waals surface area contributed by atoms with Crippen LogP contribution in [0.25, 0.3) is 0 Å². The van der Waals surface area contributed by atoms with Crippen LogP contribution >= 0.6 is 0 Å². The van der Waals surface area contributed by atoms with E-state index in [1.807, 2.05) is 0 Å². The number of carbonyl (C=O) groups is 1. The summed E-state index contributed by atoms with van der Waals surface area (Å²) in [7, 11) is 0. The molecule has 0 unspecified atom stereocenters. The minimum absolute atomic E-state index is 0.432. The fraction of sp³-hybridized carbons (Fsp3) is 0.857. The van der Waals surface area contributed by atoms with E-state index in [0.29, 0.717) is 0 Å². The highest BCUT2D eigenvalue weighted by Gasteiger charge is 2.55. The maximum absolute atomic E-state index is 10.6. The number of rotatable bonds is 2. The van der Waals surface area contributed by atoms with Crippen LogP contribution in [-0.2, 0) is 4.79 Å². The van der Waals surface area contributed by atoms with Gasteiger partial charge in [-0.3, -0.25) is 4.79 Å². The van der Waals surface area contributed by atoms with E-state index in [4.69, 9.17) is 10.8 Å². The van der Waals surface area contributed by atoms with Crippen molar-refractivity contribution in [2.24, 2.45) is 11.1 Å². The Bertz CT molecular complexity index is 170. The molecule has 0 aromatic heterocycles. The van der Waals surface area contributed by atoms with Crippen LogP contribution in [0.4, 0.5) is 0 Å². The first kappa shape index (κ1) is 7.54. The second kappa shape index (κ2) is 1.72. The van der Waals surface area contributed by atoms with Gasteiger partial charge in [-0.1, -0.05) is 0 Å². The second-order valence-electron chi connectivity index (χ2n) is 3.59. The van der Waals surface area contributed by atoms with Gasteiger partial charge in [-0.15, -0.1) is 0 Å². The van der Waals surface area contributed by atoms with Gasteiger partial charge in [0.25, 0.3) is 0 Å². The zero-order chi connectivity index (χ0) is 7.99. The molecule has 1 saturated carbocycles. The summed E-state index contributed by atoms with van der Waals surface area (Å²) in [5.41, 5.74) is 4.56. The van der Waals surface area contributed by atoms with Crippen LogP contribution in [0.5, 0.6) is 0 Å². The number of carboxylic acid groups (broad SMARTS) is 1. The Morgan fingerprint density at radius 2 is 2.00 bits per heavy atom. The van der Waals surface area contributed by atoms with Crippen molar-refractivity contribution in [1.29, 1.82) is 0 Å². The Kier molecular flexibility index (Phi) is 1.30. The first-order valence-electron chi connectivity index (χ1n) is 3.42. The Morgan fingerprint density at radius 1 is 1.60 bits per heavy atom. The Morgan fingerprint density at radius 3 is 2.10 bits per heavy atom. The van der Waals surface area contributed by atoms with Crippen LogP contribution in [-0.4, -0.2) is 16.6 Å². The van der Waals surface area contributed by atoms with Crippen LogP contribution in [0.1, 0.15) is 26.7 Å². The molecule has 1 aliphatic rings. The lowest BCUT2D eigenvalue weighted by Crippen LogP contribution is -2.45. The summed E-state index contributed by atoms with van der Waals surface area (Å²) in [6.07, 6.45) is 1.68. The van der Waals surface area contributed by atoms with Gasteiger partial charge in [-0.2, -0.15) is 0 Å². The molecule has 3 heteroatoms. The zero-order valence-corrected chi connectivity index (χ0v) is 6.35. The third-order valence-electron chi connectivity index (χ3n) is 2.57. The van der Waals surface area contributed by atoms with Crippen LogP contribution in [0.15, 0.2) is 0 Å². The van der Waals surface area contributed by atoms with Gasteiger partial charge in [0.1, 0.15) is 0 Å². The molecule has 1 rings (SSSR count). The van der Waals surface area contributed by atoms with Crippen molar-refractivity contribution in [2.75, 3.05) is 0 Å². The summed E-state index contributed by atoms with van der Waals surface area (Å²) in [5.74, 6) is -0.799. The lowest BCUT2D eigenvalue weighted by atomic mass is 9.83. The number of hydrogen-bond acceptors (Lipinski definition) is 2. The molecule has 0 bridgehead atoms. The van der Waals surface area contributed by atoms with Gasteiger partial charge in [0.2, 0.25) is 0 Å². The summed E-state index contributed by atoms with van der Waals surface area (Å²) >= 11 is 0. The van der Waals surface area contributed by atoms with E-state index in [1.54, 1.807) is 13.8 Å². The van der Waals surface area contributed by atoms with Crippen molar-refractivity contribution in [3.8, 4) is 0 Å². The predicted octanol–water partition coefficient (Wildman–Crippen LogP) is 0.588. The summed E-state index contributed by atoms with van der Waals surface area (Å²) in [5, 5.41) is 8.74. The summed E-state index contributed by atoms with van der Waals surface area (Å²) in [4.78, 5) is 10.6. The molecule has 0 aliphatic heterocycles. The standard InChI is InChI=1S/C7H13NO2/c1-6(2,5(9)10)7(8)3-4-7/h3-4,8H2,1-2H3,(H,9,10). The van der Waals surface area contributed by atoms with Gasteiger partial charge in [0.15, 0.2) is 0 Å². The fourth-order valence-electron chi connectivity index (χ4n) is 0.973. The quantitative estimate of drug-likeness (QED) is 0.594. The lowest BCUT2D eigenvalue weighted by Gasteiger charge is -2.26. The van der Waals surface area contributed by atoms with Crippen LogP contribution in [0, 0.1) is 5.41 Å². The SMILES string of the molecule is CC(C)(C(=O)O)C1(N)CC1. The van der Waals surface area contributed by atoms with Crippen molar-refractivity contribution in [3.63, 3.8) is 0 Å². The average Bonchev–Trinajstić information content (AvgIpc) is 2.48. The van der Waals surface area contributed by atoms with E-state index in [-0.39, 0.29) is 0 Å². The second-order valence-corrected chi connectivity index (χ2v) is 3.59. The van der Waals surface area contributed by atoms with Crippen molar-refractivity contribution in [3.05, 3.63) is 0 Å². The van der Waals surface area contributed by atoms with Crippen LogP contribution in [0.3, 0.4) is 0 Å². The molecular weight excluding hydrogens is 130 g/mol. The maximum atomic E-state index is 10.6. The molecular formula is C7H13NO2. The van der Waals surface area contributed by atoms with E-state index in [9.17, 15) is 4.79 Å². The first-order valence-corrected chi connectivity index (χ1v) is 3.42. The number of carboxylic acids is 1. The predicted molar refractivity (Wildman–Crippen MR) is 37.6 cm³/mol. The molecule has 1 aliphatic carbocycles. The minimum atomic E-state index is -0.799. The minimum Gasteiger partial charge on any atom is -0.481 e. The van der Waals surface area contributed by atoms with Gasteiger partial charge in [-0.05, 0) is 26.7 Å². The van der Waals surface area contributed by atoms with E-state index < -0.39 is 16.9 Å². The highest BCUT2D eigenvalue weighted by Crippen LogP contribution is 2.47. The smallest absolute Gasteiger partial charge is 0.310 e. The van der Waals surface area contributed by atoms with Gasteiger partial charge in [-0.25, -0.2) is 0 Å². The number of nitrogens with two attached hydrogens (primary N) is 1. The number of aliphatic carboxylic acids is 1. The summed E-state index contributed by atoms with van der Waals surface area (Å²) in [6, 6.07) is 0. The highest BCUT2D eigenvalue weighted by atomic mass is 16.4. The first-order chi connectivity index (χ1) is 4.40. The molecule has 58 valence electrons. The molecule has 0 atom stereocenters. The summed E-state index contributed by atoms with van der Waals surface area (Å²) in [6.45, 7) is 3.37. The molecule has 0 aromatic rings. The van der Waals surface area contributed by atoms with Gasteiger partial charge in [0, 0.05) is 5.54 Å². The highest BCUT2D eigenvalue weighted by molar-refractivity contribution is 5.76. The van der Waals surface area contributed by atoms with E-state index in [2.05, 4.69) is 0 Å². The molecule has 0 aromatic carbocycles. The largest absolute Gasteiger partial charge is 0.481 e. The van der Waals surface area contributed by atoms with Crippen molar-refractivity contribution < 1.29 is 9.90 Å². The molecule has 3 N–H and O–H groups in total. The lowest BCUT2D eigenvalue weighted by molar-refractivity contribution is -0.148. The van der Waals surface area contributed by atoms with E-state index in [1.165, 1.54) is 0 Å². The zero-order valence-electron chi connectivity index (χ0n) is 6.35. The van der Waals surface area contributed by atoms with Crippen LogP contribution < -0.4 is 5.73 Å². The Balaban J connectivity index is 2.77. The molecule has 10 heavy (non-hydrogen) atoms. The normalized spacial score (nSPS) is 22.3. The average molecular weight is 143 g/mol. The third-order valence-corrected chi connectivity index (χ3v) is 2.57. The van der Waals surface area contributed by atoms with E-state index >= 15 is 0 Å². The van der Waals surface area contributed by atoms with Gasteiger partial charge < -0.3 is 10.8 Å². The molecule has 1 fully saturated rings. The third kappa shape index (κ3) is 0.814. The fourth-order valence-corrected chi connectivity index (χ4v) is 0.973. The molecule has 0 radical (unpaired) electrons. The molecule has 0 spiro atoms.